The third-order valence-corrected chi connectivity index (χ3v) is 6.38. The Labute approximate surface area is 222 Å². The van der Waals surface area contributed by atoms with Crippen LogP contribution in [0.4, 0.5) is 5.82 Å². The molecule has 0 bridgehead atoms. The van der Waals surface area contributed by atoms with Crippen molar-refractivity contribution in [2.75, 3.05) is 12.4 Å². The molecule has 0 fully saturated rings. The van der Waals surface area contributed by atoms with Crippen molar-refractivity contribution in [2.24, 2.45) is 0 Å². The van der Waals surface area contributed by atoms with Crippen molar-refractivity contribution in [2.45, 2.75) is 39.8 Å². The normalized spacial score (nSPS) is 11.6. The quantitative estimate of drug-likeness (QED) is 0.281. The molecule has 8 nitrogen and oxygen atoms in total. The van der Waals surface area contributed by atoms with E-state index >= 15 is 0 Å². The van der Waals surface area contributed by atoms with E-state index in [9.17, 15) is 14.7 Å². The van der Waals surface area contributed by atoms with Crippen molar-refractivity contribution in [1.29, 1.82) is 0 Å². The van der Waals surface area contributed by atoms with Gasteiger partial charge in [-0.1, -0.05) is 29.8 Å². The van der Waals surface area contributed by atoms with Crippen molar-refractivity contribution in [1.82, 2.24) is 14.9 Å². The summed E-state index contributed by atoms with van der Waals surface area (Å²) in [5.41, 5.74) is 6.08. The summed E-state index contributed by atoms with van der Waals surface area (Å²) in [5.74, 6) is 0.0269. The molecule has 2 heterocycles. The number of benzene rings is 2. The van der Waals surface area contributed by atoms with Gasteiger partial charge in [-0.15, -0.1) is 0 Å². The number of ether oxygens (including phenoxy) is 1. The van der Waals surface area contributed by atoms with Crippen LogP contribution in [0.1, 0.15) is 38.2 Å². The fourth-order valence-corrected chi connectivity index (χ4v) is 4.54. The molecule has 0 spiro atoms. The lowest BCUT2D eigenvalue weighted by Crippen LogP contribution is -2.42. The van der Waals surface area contributed by atoms with Crippen LogP contribution in [0.5, 0.6) is 5.75 Å². The van der Waals surface area contributed by atoms with E-state index in [2.05, 4.69) is 15.6 Å². The van der Waals surface area contributed by atoms with E-state index in [0.717, 1.165) is 45.1 Å². The van der Waals surface area contributed by atoms with Crippen molar-refractivity contribution in [3.05, 3.63) is 107 Å². The third-order valence-electron chi connectivity index (χ3n) is 6.38. The number of carboxylic acid groups (broad SMARTS) is 1. The number of hydrogen-bond acceptors (Lipinski definition) is 5. The van der Waals surface area contributed by atoms with Gasteiger partial charge in [0.2, 0.25) is 0 Å². The Balaban J connectivity index is 1.39. The Morgan fingerprint density at radius 1 is 1.00 bits per heavy atom. The van der Waals surface area contributed by atoms with Gasteiger partial charge in [0.05, 0.1) is 7.11 Å². The molecule has 0 radical (unpaired) electrons. The Morgan fingerprint density at radius 3 is 2.37 bits per heavy atom. The Hall–Kier alpha value is -4.59. The van der Waals surface area contributed by atoms with Crippen LogP contribution in [0, 0.1) is 20.8 Å². The summed E-state index contributed by atoms with van der Waals surface area (Å²) in [6.07, 6.45) is 5.87. The highest BCUT2D eigenvalue weighted by atomic mass is 16.5. The summed E-state index contributed by atoms with van der Waals surface area (Å²) in [6.45, 7) is 6.30. The van der Waals surface area contributed by atoms with Crippen molar-refractivity contribution >= 4 is 17.7 Å². The summed E-state index contributed by atoms with van der Waals surface area (Å²) >= 11 is 0. The SMILES string of the molecule is COc1ccnc(NCc2ccn(-c3ccc(CC(NC(=O)c4c(C)cc(C)cc4C)C(=O)O)cc3)c2)c1. The molecule has 0 saturated heterocycles. The van der Waals surface area contributed by atoms with Crippen LogP contribution in [0.2, 0.25) is 0 Å². The van der Waals surface area contributed by atoms with Crippen LogP contribution in [0.25, 0.3) is 5.69 Å². The minimum Gasteiger partial charge on any atom is -0.497 e. The van der Waals surface area contributed by atoms with Gasteiger partial charge in [0, 0.05) is 48.9 Å². The molecule has 196 valence electrons. The lowest BCUT2D eigenvalue weighted by molar-refractivity contribution is -0.139. The van der Waals surface area contributed by atoms with E-state index in [1.807, 2.05) is 86.3 Å². The molecule has 2 aromatic carbocycles. The van der Waals surface area contributed by atoms with Crippen LogP contribution in [-0.2, 0) is 17.8 Å². The number of carbonyl (C=O) groups is 2. The van der Waals surface area contributed by atoms with Gasteiger partial charge in [-0.05, 0) is 67.3 Å². The van der Waals surface area contributed by atoms with Gasteiger partial charge < -0.3 is 25.0 Å². The number of amides is 1. The Bertz CT molecular complexity index is 1420. The molecule has 0 aliphatic carbocycles. The van der Waals surface area contributed by atoms with Gasteiger partial charge in [0.25, 0.3) is 5.91 Å². The monoisotopic (exact) mass is 512 g/mol. The molecule has 3 N–H and O–H groups in total. The Morgan fingerprint density at radius 2 is 1.71 bits per heavy atom. The number of hydrogen-bond donors (Lipinski definition) is 3. The van der Waals surface area contributed by atoms with Crippen LogP contribution < -0.4 is 15.4 Å². The minimum atomic E-state index is -1.07. The number of pyridine rings is 1. The minimum absolute atomic E-state index is 0.180. The molecule has 8 heteroatoms. The molecule has 0 saturated carbocycles. The highest BCUT2D eigenvalue weighted by molar-refractivity contribution is 5.99. The van der Waals surface area contributed by atoms with Gasteiger partial charge in [-0.3, -0.25) is 4.79 Å². The van der Waals surface area contributed by atoms with E-state index in [4.69, 9.17) is 4.74 Å². The first-order valence-electron chi connectivity index (χ1n) is 12.3. The molecule has 4 rings (SSSR count). The van der Waals surface area contributed by atoms with E-state index in [1.165, 1.54) is 0 Å². The standard InChI is InChI=1S/C30H32N4O4/c1-19-13-20(2)28(21(3)14-19)29(35)33-26(30(36)37)15-22-5-7-24(8-6-22)34-12-10-23(18-34)17-32-27-16-25(38-4)9-11-31-27/h5-14,16,18,26H,15,17H2,1-4H3,(H,31,32)(H,33,35)(H,36,37). The fraction of sp³-hybridized carbons (Fsp3) is 0.233. The first-order chi connectivity index (χ1) is 18.2. The van der Waals surface area contributed by atoms with Gasteiger partial charge in [-0.2, -0.15) is 0 Å². The molecule has 1 amide bonds. The molecular formula is C30H32N4O4. The average Bonchev–Trinajstić information content (AvgIpc) is 3.36. The fourth-order valence-electron chi connectivity index (χ4n) is 4.54. The molecule has 0 aliphatic rings. The van der Waals surface area contributed by atoms with Crippen LogP contribution in [0.15, 0.2) is 73.2 Å². The number of aliphatic carboxylic acids is 1. The number of aryl methyl sites for hydroxylation is 3. The number of nitrogens with zero attached hydrogens (tertiary/aromatic N) is 2. The van der Waals surface area contributed by atoms with Crippen LogP contribution in [-0.4, -0.2) is 39.7 Å². The summed E-state index contributed by atoms with van der Waals surface area (Å²) in [6, 6.07) is 16.1. The zero-order chi connectivity index (χ0) is 27.2. The molecule has 1 atom stereocenters. The number of nitrogens with one attached hydrogen (secondary N) is 2. The van der Waals surface area contributed by atoms with Crippen LogP contribution >= 0.6 is 0 Å². The second-order valence-electron chi connectivity index (χ2n) is 9.37. The molecule has 38 heavy (non-hydrogen) atoms. The second-order valence-corrected chi connectivity index (χ2v) is 9.37. The number of carboxylic acids is 1. The Kier molecular flexibility index (Phi) is 8.11. The smallest absolute Gasteiger partial charge is 0.326 e. The largest absolute Gasteiger partial charge is 0.497 e. The maximum atomic E-state index is 12.9. The van der Waals surface area contributed by atoms with E-state index < -0.39 is 12.0 Å². The summed E-state index contributed by atoms with van der Waals surface area (Å²) < 4.78 is 7.23. The third kappa shape index (κ3) is 6.39. The predicted octanol–water partition coefficient (Wildman–Crippen LogP) is 4.84. The van der Waals surface area contributed by atoms with Gasteiger partial charge in [0.1, 0.15) is 17.6 Å². The first-order valence-corrected chi connectivity index (χ1v) is 12.3. The maximum absolute atomic E-state index is 12.9. The van der Waals surface area contributed by atoms with Gasteiger partial charge >= 0.3 is 5.97 Å². The van der Waals surface area contributed by atoms with E-state index in [0.29, 0.717) is 12.1 Å². The van der Waals surface area contributed by atoms with Crippen molar-refractivity contribution in [3.8, 4) is 11.4 Å². The number of carbonyl (C=O) groups excluding carboxylic acids is 1. The summed E-state index contributed by atoms with van der Waals surface area (Å²) in [5, 5.41) is 15.8. The zero-order valence-corrected chi connectivity index (χ0v) is 22.0. The van der Waals surface area contributed by atoms with Gasteiger partial charge in [0.15, 0.2) is 0 Å². The lowest BCUT2D eigenvalue weighted by atomic mass is 9.98. The van der Waals surface area contributed by atoms with Crippen LogP contribution in [0.3, 0.4) is 0 Å². The molecular weight excluding hydrogens is 480 g/mol. The zero-order valence-electron chi connectivity index (χ0n) is 22.0. The lowest BCUT2D eigenvalue weighted by Gasteiger charge is -2.17. The first kappa shape index (κ1) is 26.5. The number of rotatable bonds is 10. The highest BCUT2D eigenvalue weighted by Crippen LogP contribution is 2.19. The number of aromatic nitrogens is 2. The van der Waals surface area contributed by atoms with Crippen molar-refractivity contribution < 1.29 is 19.4 Å². The van der Waals surface area contributed by atoms with E-state index in [-0.39, 0.29) is 12.3 Å². The topological polar surface area (TPSA) is 105 Å². The average molecular weight is 513 g/mol. The molecule has 0 aliphatic heterocycles. The number of anilines is 1. The van der Waals surface area contributed by atoms with Gasteiger partial charge in [-0.25, -0.2) is 9.78 Å². The maximum Gasteiger partial charge on any atom is 0.326 e. The molecule has 4 aromatic rings. The van der Waals surface area contributed by atoms with E-state index in [1.54, 1.807) is 19.4 Å². The van der Waals surface area contributed by atoms with Crippen molar-refractivity contribution in [3.63, 3.8) is 0 Å². The molecule has 2 aromatic heterocycles. The highest BCUT2D eigenvalue weighted by Gasteiger charge is 2.23. The number of methoxy groups -OCH3 is 1. The summed E-state index contributed by atoms with van der Waals surface area (Å²) in [7, 11) is 1.62. The second kappa shape index (κ2) is 11.6. The predicted molar refractivity (Wildman–Crippen MR) is 147 cm³/mol. The summed E-state index contributed by atoms with van der Waals surface area (Å²) in [4.78, 5) is 29.2. The molecule has 1 unspecified atom stereocenters.